The van der Waals surface area contributed by atoms with Crippen LogP contribution in [-0.2, 0) is 0 Å². The third-order valence-electron chi connectivity index (χ3n) is 1.23. The summed E-state index contributed by atoms with van der Waals surface area (Å²) in [5.41, 5.74) is -1.13. The molecular weight excluding hydrogens is 283 g/mol. The van der Waals surface area contributed by atoms with Gasteiger partial charge in [0.1, 0.15) is 5.75 Å². The highest BCUT2D eigenvalue weighted by atomic mass is 127. The maximum absolute atomic E-state index is 12.1. The highest BCUT2D eigenvalue weighted by Crippen LogP contribution is 2.29. The van der Waals surface area contributed by atoms with Gasteiger partial charge in [-0.05, 0) is 22.6 Å². The Kier molecular flexibility index (Phi) is 2.65. The topological polar surface area (TPSA) is 53.1 Å². The van der Waals surface area contributed by atoms with E-state index in [-0.39, 0.29) is 3.70 Å². The summed E-state index contributed by atoms with van der Waals surface area (Å²) in [5, 5.41) is 8.94. The van der Waals surface area contributed by atoms with Crippen LogP contribution in [0, 0.1) is 3.70 Å². The molecule has 1 heterocycles. The Labute approximate surface area is 79.6 Å². The predicted octanol–water partition coefficient (Wildman–Crippen LogP) is 1.62. The van der Waals surface area contributed by atoms with Crippen LogP contribution in [0.2, 0.25) is 0 Å². The zero-order chi connectivity index (χ0) is 9.30. The van der Waals surface area contributed by atoms with Crippen molar-refractivity contribution in [3.8, 4) is 5.75 Å². The first-order valence-electron chi connectivity index (χ1n) is 2.92. The summed E-state index contributed by atoms with van der Waals surface area (Å²) in [5.74, 6) is -0.668. The van der Waals surface area contributed by atoms with Crippen molar-refractivity contribution < 1.29 is 13.9 Å². The lowest BCUT2D eigenvalue weighted by Crippen LogP contribution is -2.08. The molecule has 0 atom stereocenters. The van der Waals surface area contributed by atoms with Crippen molar-refractivity contribution in [3.63, 3.8) is 0 Å². The fourth-order valence-corrected chi connectivity index (χ4v) is 1.51. The minimum absolute atomic E-state index is 0.0346. The van der Waals surface area contributed by atoms with E-state index in [0.717, 1.165) is 6.07 Å². The van der Waals surface area contributed by atoms with Crippen molar-refractivity contribution in [1.82, 2.24) is 4.98 Å². The van der Waals surface area contributed by atoms with E-state index in [1.165, 1.54) is 22.6 Å². The van der Waals surface area contributed by atoms with E-state index < -0.39 is 23.3 Å². The number of halogens is 3. The second-order valence-electron chi connectivity index (χ2n) is 2.05. The molecule has 0 spiro atoms. The van der Waals surface area contributed by atoms with Gasteiger partial charge in [-0.25, -0.2) is 8.78 Å². The second-order valence-corrected chi connectivity index (χ2v) is 3.13. The normalized spacial score (nSPS) is 10.7. The molecule has 0 aliphatic carbocycles. The Balaban J connectivity index is 3.38. The second kappa shape index (κ2) is 3.38. The minimum atomic E-state index is -2.78. The Morgan fingerprint density at radius 1 is 1.58 bits per heavy atom. The molecule has 0 fully saturated rings. The molecule has 0 amide bonds. The number of H-pyrrole nitrogens is 1. The predicted molar refractivity (Wildman–Crippen MR) is 46.4 cm³/mol. The molecule has 1 aromatic heterocycles. The number of aromatic nitrogens is 1. The number of pyridine rings is 1. The first-order chi connectivity index (χ1) is 5.52. The van der Waals surface area contributed by atoms with Gasteiger partial charge < -0.3 is 10.1 Å². The first kappa shape index (κ1) is 9.43. The van der Waals surface area contributed by atoms with E-state index in [2.05, 4.69) is 4.98 Å². The molecule has 0 radical (unpaired) electrons. The van der Waals surface area contributed by atoms with Gasteiger partial charge in [0.05, 0.1) is 9.26 Å². The summed E-state index contributed by atoms with van der Waals surface area (Å²) in [7, 11) is 0. The van der Waals surface area contributed by atoms with Crippen LogP contribution in [0.4, 0.5) is 8.78 Å². The molecule has 0 saturated heterocycles. The Morgan fingerprint density at radius 3 is 2.58 bits per heavy atom. The van der Waals surface area contributed by atoms with Gasteiger partial charge in [0.25, 0.3) is 12.0 Å². The molecule has 0 aromatic carbocycles. The number of alkyl halides is 2. The monoisotopic (exact) mass is 287 g/mol. The SMILES string of the molecule is O=c1cc(O)c(C(F)F)c(I)[nH]1. The van der Waals surface area contributed by atoms with Crippen LogP contribution >= 0.6 is 22.6 Å². The highest BCUT2D eigenvalue weighted by Gasteiger charge is 2.17. The average Bonchev–Trinajstić information content (AvgIpc) is 1.82. The lowest BCUT2D eigenvalue weighted by atomic mass is 10.3. The van der Waals surface area contributed by atoms with Crippen LogP contribution in [0.15, 0.2) is 10.9 Å². The Morgan fingerprint density at radius 2 is 2.17 bits per heavy atom. The summed E-state index contributed by atoms with van der Waals surface area (Å²) in [6, 6.07) is 0.726. The van der Waals surface area contributed by atoms with Gasteiger partial charge in [-0.3, -0.25) is 4.79 Å². The molecule has 12 heavy (non-hydrogen) atoms. The minimum Gasteiger partial charge on any atom is -0.507 e. The molecule has 66 valence electrons. The van der Waals surface area contributed by atoms with E-state index in [0.29, 0.717) is 0 Å². The molecule has 6 heteroatoms. The lowest BCUT2D eigenvalue weighted by molar-refractivity contribution is 0.146. The Bertz CT molecular complexity index is 324. The summed E-state index contributed by atoms with van der Waals surface area (Å²) in [4.78, 5) is 12.8. The van der Waals surface area contributed by atoms with Gasteiger partial charge >= 0.3 is 0 Å². The molecule has 3 nitrogen and oxygen atoms in total. The van der Waals surface area contributed by atoms with Gasteiger partial charge in [0.2, 0.25) is 0 Å². The van der Waals surface area contributed by atoms with Gasteiger partial charge in [0, 0.05) is 6.07 Å². The van der Waals surface area contributed by atoms with Crippen LogP contribution in [0.5, 0.6) is 5.75 Å². The Hall–Kier alpha value is -0.660. The van der Waals surface area contributed by atoms with Gasteiger partial charge in [0.15, 0.2) is 0 Å². The lowest BCUT2D eigenvalue weighted by Gasteiger charge is -2.03. The fraction of sp³-hybridized carbons (Fsp3) is 0.167. The van der Waals surface area contributed by atoms with Crippen molar-refractivity contribution in [2.45, 2.75) is 6.43 Å². The van der Waals surface area contributed by atoms with Gasteiger partial charge in [-0.15, -0.1) is 0 Å². The molecule has 0 aliphatic rings. The third-order valence-corrected chi connectivity index (χ3v) is 2.08. The van der Waals surface area contributed by atoms with E-state index in [1.807, 2.05) is 0 Å². The first-order valence-corrected chi connectivity index (χ1v) is 4.00. The highest BCUT2D eigenvalue weighted by molar-refractivity contribution is 14.1. The molecule has 0 aliphatic heterocycles. The number of aromatic amines is 1. The van der Waals surface area contributed by atoms with Gasteiger partial charge in [-0.1, -0.05) is 0 Å². The summed E-state index contributed by atoms with van der Waals surface area (Å²) < 4.78 is 24.2. The molecule has 1 rings (SSSR count). The van der Waals surface area contributed by atoms with E-state index in [9.17, 15) is 13.6 Å². The summed E-state index contributed by atoms with van der Waals surface area (Å²) >= 11 is 1.53. The maximum atomic E-state index is 12.1. The van der Waals surface area contributed by atoms with Crippen molar-refractivity contribution in [2.75, 3.05) is 0 Å². The van der Waals surface area contributed by atoms with E-state index >= 15 is 0 Å². The summed E-state index contributed by atoms with van der Waals surface area (Å²) in [6.45, 7) is 0. The smallest absolute Gasteiger partial charge is 0.269 e. The third kappa shape index (κ3) is 1.74. The zero-order valence-corrected chi connectivity index (χ0v) is 7.80. The maximum Gasteiger partial charge on any atom is 0.269 e. The van der Waals surface area contributed by atoms with Crippen LogP contribution < -0.4 is 5.56 Å². The van der Waals surface area contributed by atoms with Crippen LogP contribution in [0.3, 0.4) is 0 Å². The van der Waals surface area contributed by atoms with Crippen LogP contribution in [-0.4, -0.2) is 10.1 Å². The molecular formula is C6H4F2INO2. The largest absolute Gasteiger partial charge is 0.507 e. The number of nitrogens with one attached hydrogen (secondary N) is 1. The fourth-order valence-electron chi connectivity index (χ4n) is 0.734. The number of hydrogen-bond donors (Lipinski definition) is 2. The molecule has 1 aromatic rings. The van der Waals surface area contributed by atoms with Crippen molar-refractivity contribution in [2.24, 2.45) is 0 Å². The van der Waals surface area contributed by atoms with Crippen LogP contribution in [0.25, 0.3) is 0 Å². The standard InChI is InChI=1S/C6H4F2INO2/c7-5(8)4-2(11)1-3(12)10-6(4)9/h1,5H,(H2,10,11,12). The average molecular weight is 287 g/mol. The number of aromatic hydroxyl groups is 1. The van der Waals surface area contributed by atoms with Crippen LogP contribution in [0.1, 0.15) is 12.0 Å². The summed E-state index contributed by atoms with van der Waals surface area (Å²) in [6.07, 6.45) is -2.78. The number of rotatable bonds is 1. The number of hydrogen-bond acceptors (Lipinski definition) is 2. The van der Waals surface area contributed by atoms with Gasteiger partial charge in [-0.2, -0.15) is 0 Å². The van der Waals surface area contributed by atoms with Crippen molar-refractivity contribution in [3.05, 3.63) is 25.7 Å². The zero-order valence-electron chi connectivity index (χ0n) is 5.64. The van der Waals surface area contributed by atoms with E-state index in [1.54, 1.807) is 0 Å². The molecule has 0 unspecified atom stereocenters. The molecule has 0 bridgehead atoms. The molecule has 2 N–H and O–H groups in total. The molecule has 0 saturated carbocycles. The van der Waals surface area contributed by atoms with Crippen molar-refractivity contribution >= 4 is 22.6 Å². The quantitative estimate of drug-likeness (QED) is 0.609. The van der Waals surface area contributed by atoms with Crippen molar-refractivity contribution in [1.29, 1.82) is 0 Å². The van der Waals surface area contributed by atoms with E-state index in [4.69, 9.17) is 5.11 Å².